The third-order valence-corrected chi connectivity index (χ3v) is 5.84. The van der Waals surface area contributed by atoms with E-state index < -0.39 is 27.9 Å². The van der Waals surface area contributed by atoms with Crippen LogP contribution in [0, 0.1) is 5.82 Å². The lowest BCUT2D eigenvalue weighted by molar-refractivity contribution is 0.0702. The summed E-state index contributed by atoms with van der Waals surface area (Å²) in [4.78, 5) is 10.7. The molecule has 1 aromatic carbocycles. The molecular formula is C13H12FNO4S2. The van der Waals surface area contributed by atoms with Crippen LogP contribution in [0.2, 0.25) is 0 Å². The van der Waals surface area contributed by atoms with Gasteiger partial charge in [-0.05, 0) is 36.8 Å². The van der Waals surface area contributed by atoms with E-state index in [9.17, 15) is 17.6 Å². The van der Waals surface area contributed by atoms with Crippen molar-refractivity contribution in [3.05, 3.63) is 52.7 Å². The van der Waals surface area contributed by atoms with Crippen LogP contribution in [-0.4, -0.2) is 19.5 Å². The van der Waals surface area contributed by atoms with Crippen LogP contribution in [0.4, 0.5) is 4.39 Å². The molecule has 0 amide bonds. The van der Waals surface area contributed by atoms with Crippen LogP contribution in [0.25, 0.3) is 0 Å². The van der Waals surface area contributed by atoms with Crippen LogP contribution >= 0.6 is 11.3 Å². The van der Waals surface area contributed by atoms with Gasteiger partial charge in [-0.3, -0.25) is 0 Å². The molecule has 0 aliphatic heterocycles. The monoisotopic (exact) mass is 329 g/mol. The predicted molar refractivity (Wildman–Crippen MR) is 76.4 cm³/mol. The highest BCUT2D eigenvalue weighted by Gasteiger charge is 2.22. The summed E-state index contributed by atoms with van der Waals surface area (Å²) in [6, 6.07) is 7.42. The molecule has 0 saturated carbocycles. The third-order valence-electron chi connectivity index (χ3n) is 2.74. The Labute approximate surface area is 125 Å². The molecule has 2 rings (SSSR count). The first kappa shape index (κ1) is 15.6. The van der Waals surface area contributed by atoms with E-state index in [4.69, 9.17) is 5.11 Å². The molecule has 0 saturated heterocycles. The minimum Gasteiger partial charge on any atom is -0.477 e. The fraction of sp³-hybridized carbons (Fsp3) is 0.154. The number of thiophene rings is 1. The summed E-state index contributed by atoms with van der Waals surface area (Å²) in [6.45, 7) is 1.58. The number of carboxylic acids is 1. The Balaban J connectivity index is 2.22. The van der Waals surface area contributed by atoms with Gasteiger partial charge in [0.1, 0.15) is 14.9 Å². The molecule has 0 aliphatic rings. The second-order valence-corrected chi connectivity index (χ2v) is 7.35. The number of benzene rings is 1. The van der Waals surface area contributed by atoms with Gasteiger partial charge in [-0.1, -0.05) is 12.1 Å². The number of aromatic carboxylic acids is 1. The number of rotatable bonds is 5. The van der Waals surface area contributed by atoms with Gasteiger partial charge in [0.2, 0.25) is 0 Å². The Hall–Kier alpha value is -1.77. The molecule has 0 bridgehead atoms. The van der Waals surface area contributed by atoms with Crippen molar-refractivity contribution >= 4 is 27.3 Å². The second kappa shape index (κ2) is 5.92. The topological polar surface area (TPSA) is 83.5 Å². The minimum absolute atomic E-state index is 0.0613. The zero-order valence-electron chi connectivity index (χ0n) is 10.9. The van der Waals surface area contributed by atoms with Gasteiger partial charge < -0.3 is 5.11 Å². The molecule has 1 heterocycles. The second-order valence-electron chi connectivity index (χ2n) is 4.32. The van der Waals surface area contributed by atoms with Crippen molar-refractivity contribution in [2.75, 3.05) is 0 Å². The van der Waals surface area contributed by atoms with Gasteiger partial charge >= 0.3 is 5.97 Å². The Morgan fingerprint density at radius 3 is 2.62 bits per heavy atom. The molecule has 1 aromatic heterocycles. The summed E-state index contributed by atoms with van der Waals surface area (Å²) < 4.78 is 39.7. The Bertz CT molecular complexity index is 770. The number of carboxylic acid groups (broad SMARTS) is 1. The molecule has 0 radical (unpaired) electrons. The molecule has 0 fully saturated rings. The summed E-state index contributed by atoms with van der Waals surface area (Å²) >= 11 is 0.664. The number of hydrogen-bond donors (Lipinski definition) is 2. The van der Waals surface area contributed by atoms with Crippen LogP contribution in [0.5, 0.6) is 0 Å². The van der Waals surface area contributed by atoms with Crippen molar-refractivity contribution < 1.29 is 22.7 Å². The van der Waals surface area contributed by atoms with E-state index in [1.807, 2.05) is 0 Å². The molecule has 2 aromatic rings. The Kier molecular flexibility index (Phi) is 4.40. The molecule has 112 valence electrons. The number of sulfonamides is 1. The van der Waals surface area contributed by atoms with Crippen LogP contribution in [-0.2, 0) is 10.0 Å². The Morgan fingerprint density at radius 1 is 1.33 bits per heavy atom. The summed E-state index contributed by atoms with van der Waals surface area (Å²) in [5, 5.41) is 8.81. The molecule has 2 N–H and O–H groups in total. The molecule has 0 spiro atoms. The highest BCUT2D eigenvalue weighted by molar-refractivity contribution is 7.91. The van der Waals surface area contributed by atoms with Gasteiger partial charge in [0, 0.05) is 6.04 Å². The van der Waals surface area contributed by atoms with Crippen molar-refractivity contribution in [2.45, 2.75) is 17.2 Å². The van der Waals surface area contributed by atoms with E-state index >= 15 is 0 Å². The zero-order valence-corrected chi connectivity index (χ0v) is 12.5. The number of halogens is 1. The highest BCUT2D eigenvalue weighted by Crippen LogP contribution is 2.24. The van der Waals surface area contributed by atoms with Crippen molar-refractivity contribution in [3.8, 4) is 0 Å². The average molecular weight is 329 g/mol. The van der Waals surface area contributed by atoms with Crippen molar-refractivity contribution in [1.29, 1.82) is 0 Å². The molecule has 1 unspecified atom stereocenters. The van der Waals surface area contributed by atoms with Crippen molar-refractivity contribution in [1.82, 2.24) is 4.72 Å². The van der Waals surface area contributed by atoms with E-state index in [0.717, 1.165) is 0 Å². The first-order valence-electron chi connectivity index (χ1n) is 5.90. The maximum atomic E-state index is 13.1. The summed E-state index contributed by atoms with van der Waals surface area (Å²) in [5.74, 6) is -1.64. The van der Waals surface area contributed by atoms with Crippen LogP contribution in [0.15, 0.2) is 40.6 Å². The third kappa shape index (κ3) is 3.66. The quantitative estimate of drug-likeness (QED) is 0.883. The maximum absolute atomic E-state index is 13.1. The number of nitrogens with one attached hydrogen (secondary N) is 1. The van der Waals surface area contributed by atoms with E-state index in [2.05, 4.69) is 4.72 Å². The molecule has 1 atom stereocenters. The SMILES string of the molecule is CC(NS(=O)(=O)c1ccc(C(=O)O)s1)c1cccc(F)c1. The first-order valence-corrected chi connectivity index (χ1v) is 8.20. The lowest BCUT2D eigenvalue weighted by atomic mass is 10.1. The fourth-order valence-electron chi connectivity index (χ4n) is 1.71. The highest BCUT2D eigenvalue weighted by atomic mass is 32.2. The van der Waals surface area contributed by atoms with E-state index in [1.54, 1.807) is 13.0 Å². The Morgan fingerprint density at radius 2 is 2.05 bits per heavy atom. The fourth-order valence-corrected chi connectivity index (χ4v) is 4.11. The smallest absolute Gasteiger partial charge is 0.345 e. The standard InChI is InChI=1S/C13H12FNO4S2/c1-8(9-3-2-4-10(14)7-9)15-21(18,19)12-6-5-11(20-12)13(16)17/h2-8,15H,1H3,(H,16,17). The predicted octanol–water partition coefficient (Wildman–Crippen LogP) is 2.62. The summed E-state index contributed by atoms with van der Waals surface area (Å²) in [6.07, 6.45) is 0. The van der Waals surface area contributed by atoms with Gasteiger partial charge in [0.15, 0.2) is 0 Å². The normalized spacial score (nSPS) is 13.0. The van der Waals surface area contributed by atoms with E-state index in [1.165, 1.54) is 30.3 Å². The van der Waals surface area contributed by atoms with Gasteiger partial charge in [-0.2, -0.15) is 0 Å². The zero-order chi connectivity index (χ0) is 15.6. The largest absolute Gasteiger partial charge is 0.477 e. The molecule has 5 nitrogen and oxygen atoms in total. The minimum atomic E-state index is -3.85. The maximum Gasteiger partial charge on any atom is 0.345 e. The molecule has 8 heteroatoms. The first-order chi connectivity index (χ1) is 9.79. The molecular weight excluding hydrogens is 317 g/mol. The lowest BCUT2D eigenvalue weighted by Gasteiger charge is -2.13. The average Bonchev–Trinajstić information content (AvgIpc) is 2.88. The van der Waals surface area contributed by atoms with Crippen LogP contribution < -0.4 is 4.72 Å². The van der Waals surface area contributed by atoms with Crippen molar-refractivity contribution in [3.63, 3.8) is 0 Å². The van der Waals surface area contributed by atoms with Gasteiger partial charge in [0.25, 0.3) is 10.0 Å². The van der Waals surface area contributed by atoms with Crippen LogP contribution in [0.3, 0.4) is 0 Å². The summed E-state index contributed by atoms with van der Waals surface area (Å²) in [7, 11) is -3.85. The van der Waals surface area contributed by atoms with Gasteiger partial charge in [-0.15, -0.1) is 11.3 Å². The van der Waals surface area contributed by atoms with E-state index in [0.29, 0.717) is 16.9 Å². The number of hydrogen-bond acceptors (Lipinski definition) is 4. The van der Waals surface area contributed by atoms with Crippen LogP contribution in [0.1, 0.15) is 28.2 Å². The summed E-state index contributed by atoms with van der Waals surface area (Å²) in [5.41, 5.74) is 0.480. The van der Waals surface area contributed by atoms with Crippen molar-refractivity contribution in [2.24, 2.45) is 0 Å². The van der Waals surface area contributed by atoms with Gasteiger partial charge in [0.05, 0.1) is 0 Å². The van der Waals surface area contributed by atoms with E-state index in [-0.39, 0.29) is 9.09 Å². The molecule has 0 aliphatic carbocycles. The molecule has 21 heavy (non-hydrogen) atoms. The number of carbonyl (C=O) groups is 1. The lowest BCUT2D eigenvalue weighted by Crippen LogP contribution is -2.26. The van der Waals surface area contributed by atoms with Gasteiger partial charge in [-0.25, -0.2) is 22.3 Å².